The molecule has 42 heavy (non-hydrogen) atoms. The number of H-pyrrole nitrogens is 1. The molecule has 0 saturated carbocycles. The second-order valence-electron chi connectivity index (χ2n) is 9.94. The van der Waals surface area contributed by atoms with Gasteiger partial charge in [0.1, 0.15) is 12.4 Å². The Balaban J connectivity index is 1.26. The highest BCUT2D eigenvalue weighted by Gasteiger charge is 2.12. The van der Waals surface area contributed by atoms with Gasteiger partial charge in [-0.3, -0.25) is 14.4 Å². The molecule has 1 heterocycles. The molecule has 0 saturated heterocycles. The Morgan fingerprint density at radius 3 is 2.21 bits per heavy atom. The zero-order valence-electron chi connectivity index (χ0n) is 22.8. The summed E-state index contributed by atoms with van der Waals surface area (Å²) in [4.78, 5) is 27.5. The molecule has 0 aliphatic heterocycles. The molecule has 0 aliphatic carbocycles. The maximum atomic E-state index is 11.3. The minimum Gasteiger partial charge on any atom is -0.489 e. The van der Waals surface area contributed by atoms with Crippen LogP contribution in [0.15, 0.2) is 111 Å². The van der Waals surface area contributed by atoms with Crippen LogP contribution in [0.2, 0.25) is 0 Å². The lowest BCUT2D eigenvalue weighted by Gasteiger charge is -2.23. The molecular weight excluding hydrogens is 598 g/mol. The van der Waals surface area contributed by atoms with Crippen molar-refractivity contribution in [3.05, 3.63) is 140 Å². The molecule has 214 valence electrons. The third-order valence-electron chi connectivity index (χ3n) is 6.97. The van der Waals surface area contributed by atoms with Gasteiger partial charge in [-0.2, -0.15) is 0 Å². The molecule has 0 fully saturated rings. The molecule has 0 aliphatic rings. The van der Waals surface area contributed by atoms with Crippen molar-refractivity contribution in [3.8, 4) is 17.1 Å². The lowest BCUT2D eigenvalue weighted by atomic mass is 10.1. The van der Waals surface area contributed by atoms with E-state index in [1.807, 2.05) is 78.9 Å². The summed E-state index contributed by atoms with van der Waals surface area (Å²) in [6, 6.07) is 31.1. The highest BCUT2D eigenvalue weighted by molar-refractivity contribution is 9.10. The van der Waals surface area contributed by atoms with Crippen molar-refractivity contribution in [2.24, 2.45) is 0 Å². The quantitative estimate of drug-likeness (QED) is 0.156. The Labute approximate surface area is 251 Å². The molecule has 0 amide bonds. The lowest BCUT2D eigenvalue weighted by Crippen LogP contribution is -2.28. The number of carboxylic acid groups (broad SMARTS) is 1. The van der Waals surface area contributed by atoms with Crippen LogP contribution in [0.25, 0.3) is 11.4 Å². The van der Waals surface area contributed by atoms with Gasteiger partial charge in [0.15, 0.2) is 5.82 Å². The van der Waals surface area contributed by atoms with E-state index in [-0.39, 0.29) is 5.56 Å². The molecular formula is C33H30BrN3O5. The molecule has 1 aromatic heterocycles. The monoisotopic (exact) mass is 627 g/mol. The fourth-order valence-electron chi connectivity index (χ4n) is 4.62. The second kappa shape index (κ2) is 13.9. The summed E-state index contributed by atoms with van der Waals surface area (Å²) in [5.41, 5.74) is 5.47. The Hall–Kier alpha value is -4.47. The van der Waals surface area contributed by atoms with Crippen LogP contribution < -0.4 is 10.5 Å². The second-order valence-corrected chi connectivity index (χ2v) is 10.9. The Morgan fingerprint density at radius 2 is 1.52 bits per heavy atom. The topological polar surface area (TPSA) is 109 Å². The van der Waals surface area contributed by atoms with Crippen molar-refractivity contribution in [1.82, 2.24) is 15.0 Å². The van der Waals surface area contributed by atoms with Crippen LogP contribution in [0.4, 0.5) is 0 Å². The van der Waals surface area contributed by atoms with Crippen LogP contribution in [0.1, 0.15) is 32.6 Å². The number of para-hydroxylation sites is 1. The maximum Gasteiger partial charge on any atom is 0.439 e. The number of halogens is 1. The normalized spacial score (nSPS) is 11.1. The van der Waals surface area contributed by atoms with Gasteiger partial charge in [-0.05, 0) is 65.4 Å². The molecule has 2 N–H and O–H groups in total. The highest BCUT2D eigenvalue weighted by atomic mass is 79.9. The predicted molar refractivity (Wildman–Crippen MR) is 164 cm³/mol. The van der Waals surface area contributed by atoms with Gasteiger partial charge in [-0.25, -0.2) is 9.59 Å². The Kier molecular flexibility index (Phi) is 9.63. The number of aromatic amines is 1. The van der Waals surface area contributed by atoms with E-state index in [2.05, 4.69) is 41.6 Å². The summed E-state index contributed by atoms with van der Waals surface area (Å²) >= 11 is 3.47. The number of aromatic carboxylic acids is 1. The number of carboxylic acids is 1. The molecule has 5 aromatic rings. The summed E-state index contributed by atoms with van der Waals surface area (Å²) in [6.07, 6.45) is 1.60. The predicted octanol–water partition coefficient (Wildman–Crippen LogP) is 6.36. The molecule has 8 nitrogen and oxygen atoms in total. The average Bonchev–Trinajstić information content (AvgIpc) is 3.45. The number of carbonyl (C=O) groups is 1. The van der Waals surface area contributed by atoms with Crippen LogP contribution in [0, 0.1) is 0 Å². The van der Waals surface area contributed by atoms with Gasteiger partial charge in [-0.1, -0.05) is 87.8 Å². The molecule has 4 aromatic carbocycles. The van der Waals surface area contributed by atoms with E-state index in [1.54, 1.807) is 12.1 Å². The van der Waals surface area contributed by atoms with E-state index < -0.39 is 11.7 Å². The SMILES string of the molecule is O=C(O)c1ccc(CN(CCc2ccc(-c3noc(=O)[nH]3)cc2)CCc2ccccc2OCc2ccc(Br)cc2)cc1. The number of rotatable bonds is 13. The standard InChI is InChI=1S/C33H30BrN3O5/c34-29-15-9-25(10-16-29)22-41-30-4-2-1-3-26(30)18-20-37(21-24-7-13-28(14-8-24)32(38)39)19-17-23-5-11-27(12-6-23)31-35-33(40)42-36-31/h1-16H,17-22H2,(H,38,39)(H,35,36,40). The molecule has 0 radical (unpaired) electrons. The number of ether oxygens (including phenoxy) is 1. The van der Waals surface area contributed by atoms with Crippen molar-refractivity contribution >= 4 is 21.9 Å². The number of hydrogen-bond donors (Lipinski definition) is 2. The number of benzene rings is 4. The summed E-state index contributed by atoms with van der Waals surface area (Å²) in [7, 11) is 0. The minimum atomic E-state index is -0.934. The van der Waals surface area contributed by atoms with E-state index in [0.29, 0.717) is 19.0 Å². The van der Waals surface area contributed by atoms with Gasteiger partial charge >= 0.3 is 11.7 Å². The van der Waals surface area contributed by atoms with E-state index in [4.69, 9.17) is 4.74 Å². The summed E-state index contributed by atoms with van der Waals surface area (Å²) < 4.78 is 11.8. The van der Waals surface area contributed by atoms with Gasteiger partial charge in [0.25, 0.3) is 0 Å². The molecule has 0 unspecified atom stereocenters. The first-order chi connectivity index (χ1) is 20.4. The first kappa shape index (κ1) is 29.0. The van der Waals surface area contributed by atoms with Gasteiger partial charge < -0.3 is 9.84 Å². The summed E-state index contributed by atoms with van der Waals surface area (Å²) in [6.45, 7) is 2.75. The molecule has 0 bridgehead atoms. The van der Waals surface area contributed by atoms with Gasteiger partial charge in [0.2, 0.25) is 0 Å². The van der Waals surface area contributed by atoms with E-state index in [0.717, 1.165) is 64.0 Å². The molecule has 5 rings (SSSR count). The summed E-state index contributed by atoms with van der Waals surface area (Å²) in [5, 5.41) is 13.0. The van der Waals surface area contributed by atoms with Crippen molar-refractivity contribution in [1.29, 1.82) is 0 Å². The van der Waals surface area contributed by atoms with Gasteiger partial charge in [-0.15, -0.1) is 0 Å². The van der Waals surface area contributed by atoms with E-state index in [9.17, 15) is 14.7 Å². The Bertz CT molecular complexity index is 1660. The molecule has 0 spiro atoms. The molecule has 0 atom stereocenters. The van der Waals surface area contributed by atoms with Crippen LogP contribution in [0.3, 0.4) is 0 Å². The van der Waals surface area contributed by atoms with Crippen molar-refractivity contribution in [2.45, 2.75) is 26.0 Å². The largest absolute Gasteiger partial charge is 0.489 e. The number of nitrogens with zero attached hydrogens (tertiary/aromatic N) is 2. The average molecular weight is 629 g/mol. The fraction of sp³-hybridized carbons (Fsp3) is 0.182. The number of nitrogens with one attached hydrogen (secondary N) is 1. The maximum absolute atomic E-state index is 11.3. The lowest BCUT2D eigenvalue weighted by molar-refractivity contribution is 0.0697. The van der Waals surface area contributed by atoms with Gasteiger partial charge in [0.05, 0.1) is 5.56 Å². The fourth-order valence-corrected chi connectivity index (χ4v) is 4.89. The zero-order chi connectivity index (χ0) is 29.3. The highest BCUT2D eigenvalue weighted by Crippen LogP contribution is 2.22. The van der Waals surface area contributed by atoms with Crippen LogP contribution in [-0.2, 0) is 26.0 Å². The van der Waals surface area contributed by atoms with Crippen LogP contribution >= 0.6 is 15.9 Å². The smallest absolute Gasteiger partial charge is 0.439 e. The van der Waals surface area contributed by atoms with Crippen molar-refractivity contribution in [3.63, 3.8) is 0 Å². The summed E-state index contributed by atoms with van der Waals surface area (Å²) in [5.74, 6) is -0.246. The van der Waals surface area contributed by atoms with Gasteiger partial charge in [0, 0.05) is 29.7 Å². The van der Waals surface area contributed by atoms with Crippen LogP contribution in [-0.4, -0.2) is 39.2 Å². The van der Waals surface area contributed by atoms with Crippen LogP contribution in [0.5, 0.6) is 5.75 Å². The zero-order valence-corrected chi connectivity index (χ0v) is 24.4. The first-order valence-electron chi connectivity index (χ1n) is 13.6. The molecule has 9 heteroatoms. The van der Waals surface area contributed by atoms with E-state index >= 15 is 0 Å². The Morgan fingerprint density at radius 1 is 0.857 bits per heavy atom. The third-order valence-corrected chi connectivity index (χ3v) is 7.50. The van der Waals surface area contributed by atoms with Crippen molar-refractivity contribution in [2.75, 3.05) is 13.1 Å². The third kappa shape index (κ3) is 8.05. The number of hydrogen-bond acceptors (Lipinski definition) is 6. The minimum absolute atomic E-state index is 0.274. The van der Waals surface area contributed by atoms with Crippen molar-refractivity contribution < 1.29 is 19.2 Å². The number of aromatic nitrogens is 2. The van der Waals surface area contributed by atoms with E-state index in [1.165, 1.54) is 0 Å². The first-order valence-corrected chi connectivity index (χ1v) is 14.4.